The van der Waals surface area contributed by atoms with Gasteiger partial charge in [-0.15, -0.1) is 0 Å². The maximum Gasteiger partial charge on any atom is 0.0787 e. The molecular formula is C18H31Si. The van der Waals surface area contributed by atoms with E-state index in [1.165, 1.54) is 21.9 Å². The van der Waals surface area contributed by atoms with Crippen molar-refractivity contribution in [2.45, 2.75) is 78.9 Å². The van der Waals surface area contributed by atoms with E-state index >= 15 is 0 Å². The Labute approximate surface area is 121 Å². The molecule has 0 heterocycles. The lowest BCUT2D eigenvalue weighted by Crippen LogP contribution is -2.42. The van der Waals surface area contributed by atoms with Crippen molar-refractivity contribution in [3.8, 4) is 0 Å². The molecule has 0 nitrogen and oxygen atoms in total. The fourth-order valence-corrected chi connectivity index (χ4v) is 4.74. The van der Waals surface area contributed by atoms with Gasteiger partial charge in [-0.1, -0.05) is 67.2 Å². The Morgan fingerprint density at radius 2 is 1.37 bits per heavy atom. The number of benzene rings is 1. The molecule has 0 spiro atoms. The van der Waals surface area contributed by atoms with Gasteiger partial charge in [-0.05, 0) is 45.7 Å². The van der Waals surface area contributed by atoms with Crippen LogP contribution < -0.4 is 5.19 Å². The molecule has 1 rings (SSSR count). The zero-order valence-corrected chi connectivity index (χ0v) is 15.6. The maximum absolute atomic E-state index is 3.63. The van der Waals surface area contributed by atoms with Crippen LogP contribution in [0.1, 0.15) is 58.2 Å². The van der Waals surface area contributed by atoms with Crippen LogP contribution in [0.4, 0.5) is 0 Å². The van der Waals surface area contributed by atoms with Crippen LogP contribution in [0.2, 0.25) is 19.6 Å². The van der Waals surface area contributed by atoms with Gasteiger partial charge in [0.05, 0.1) is 8.07 Å². The van der Waals surface area contributed by atoms with Gasteiger partial charge >= 0.3 is 0 Å². The lowest BCUT2D eigenvalue weighted by molar-refractivity contribution is 0.527. The van der Waals surface area contributed by atoms with Crippen molar-refractivity contribution in [3.05, 3.63) is 28.8 Å². The predicted octanol–water partition coefficient (Wildman–Crippen LogP) is 4.94. The first-order chi connectivity index (χ1) is 8.26. The summed E-state index contributed by atoms with van der Waals surface area (Å²) in [5.41, 5.74) is 4.85. The van der Waals surface area contributed by atoms with Crippen molar-refractivity contribution in [2.75, 3.05) is 0 Å². The summed E-state index contributed by atoms with van der Waals surface area (Å²) in [6.07, 6.45) is 0. The first-order valence-electron chi connectivity index (χ1n) is 7.33. The molecule has 1 aromatic rings. The highest BCUT2D eigenvalue weighted by Gasteiger charge is 2.30. The first-order valence-corrected chi connectivity index (χ1v) is 10.8. The zero-order valence-electron chi connectivity index (χ0n) is 14.6. The molecule has 0 aliphatic heterocycles. The largest absolute Gasteiger partial charge is 0.0787 e. The topological polar surface area (TPSA) is 0 Å². The monoisotopic (exact) mass is 275 g/mol. The summed E-state index contributed by atoms with van der Waals surface area (Å²) < 4.78 is 0. The van der Waals surface area contributed by atoms with Crippen LogP contribution in [-0.4, -0.2) is 8.07 Å². The summed E-state index contributed by atoms with van der Waals surface area (Å²) in [5.74, 6) is 0. The van der Waals surface area contributed by atoms with Gasteiger partial charge in [0.15, 0.2) is 0 Å². The van der Waals surface area contributed by atoms with E-state index in [9.17, 15) is 0 Å². The second-order valence-electron chi connectivity index (χ2n) is 8.83. The third-order valence-electron chi connectivity index (χ3n) is 3.69. The summed E-state index contributed by atoms with van der Waals surface area (Å²) in [4.78, 5) is 0. The molecule has 1 heteroatoms. The summed E-state index contributed by atoms with van der Waals surface area (Å²) in [6, 6.07) is 5.89. The molecule has 0 atom stereocenters. The van der Waals surface area contributed by atoms with E-state index in [-0.39, 0.29) is 10.8 Å². The lowest BCUT2D eigenvalue weighted by Gasteiger charge is -2.34. The van der Waals surface area contributed by atoms with E-state index < -0.39 is 8.07 Å². The van der Waals surface area contributed by atoms with Gasteiger partial charge in [0, 0.05) is 0 Å². The highest BCUT2D eigenvalue weighted by atomic mass is 28.3. The Bertz CT molecular complexity index is 462. The molecule has 0 bridgehead atoms. The van der Waals surface area contributed by atoms with Crippen LogP contribution in [0.15, 0.2) is 6.07 Å². The van der Waals surface area contributed by atoms with Gasteiger partial charge in [0.25, 0.3) is 0 Å². The normalized spacial score (nSPS) is 13.8. The third kappa shape index (κ3) is 3.50. The van der Waals surface area contributed by atoms with Gasteiger partial charge in [0.1, 0.15) is 0 Å². The van der Waals surface area contributed by atoms with Crippen LogP contribution >= 0.6 is 0 Å². The molecule has 0 saturated carbocycles. The molecular weight excluding hydrogens is 244 g/mol. The minimum absolute atomic E-state index is 0.182. The van der Waals surface area contributed by atoms with Crippen molar-refractivity contribution in [1.82, 2.24) is 0 Å². The minimum Gasteiger partial charge on any atom is -0.0656 e. The second kappa shape index (κ2) is 4.77. The SMILES string of the molecule is Cc1c([Si](C)(C)C)[c]cc(C(C)(C)C)c1C(C)(C)C. The Morgan fingerprint density at radius 3 is 1.68 bits per heavy atom. The molecule has 19 heavy (non-hydrogen) atoms. The van der Waals surface area contributed by atoms with Gasteiger partial charge in [-0.25, -0.2) is 0 Å². The fraction of sp³-hybridized carbons (Fsp3) is 0.667. The molecule has 107 valence electrons. The third-order valence-corrected chi connectivity index (χ3v) is 5.71. The molecule has 0 aromatic heterocycles. The summed E-state index contributed by atoms with van der Waals surface area (Å²) in [5, 5.41) is 1.49. The van der Waals surface area contributed by atoms with Gasteiger partial charge in [0.2, 0.25) is 0 Å². The van der Waals surface area contributed by atoms with Crippen molar-refractivity contribution in [1.29, 1.82) is 0 Å². The van der Waals surface area contributed by atoms with Crippen molar-refractivity contribution < 1.29 is 0 Å². The van der Waals surface area contributed by atoms with E-state index in [2.05, 4.69) is 80.2 Å². The molecule has 1 radical (unpaired) electrons. The van der Waals surface area contributed by atoms with Crippen LogP contribution in [0.3, 0.4) is 0 Å². The van der Waals surface area contributed by atoms with Crippen LogP contribution in [-0.2, 0) is 10.8 Å². The first kappa shape index (κ1) is 16.5. The van der Waals surface area contributed by atoms with E-state index in [1.807, 2.05) is 0 Å². The predicted molar refractivity (Wildman–Crippen MR) is 90.4 cm³/mol. The summed E-state index contributed by atoms with van der Waals surface area (Å²) in [7, 11) is -1.33. The van der Waals surface area contributed by atoms with E-state index in [0.717, 1.165) is 0 Å². The second-order valence-corrected chi connectivity index (χ2v) is 13.8. The van der Waals surface area contributed by atoms with Crippen LogP contribution in [0.5, 0.6) is 0 Å². The molecule has 1 aromatic carbocycles. The Hall–Kier alpha value is -0.563. The highest BCUT2D eigenvalue weighted by Crippen LogP contribution is 2.35. The van der Waals surface area contributed by atoms with E-state index in [4.69, 9.17) is 0 Å². The zero-order chi connectivity index (χ0) is 15.2. The van der Waals surface area contributed by atoms with Gasteiger partial charge in [-0.3, -0.25) is 0 Å². The minimum atomic E-state index is -1.33. The summed E-state index contributed by atoms with van der Waals surface area (Å²) in [6.45, 7) is 23.5. The Balaban J connectivity index is 3.71. The standard InChI is InChI=1S/C18H31Si/c1-13-15(19(8,9)10)12-11-14(17(2,3)4)16(13)18(5,6)7/h11H,1-10H3. The quantitative estimate of drug-likeness (QED) is 0.637. The van der Waals surface area contributed by atoms with Crippen LogP contribution in [0.25, 0.3) is 0 Å². The van der Waals surface area contributed by atoms with Crippen molar-refractivity contribution in [3.63, 3.8) is 0 Å². The highest BCUT2D eigenvalue weighted by molar-refractivity contribution is 6.89. The average Bonchev–Trinajstić information content (AvgIpc) is 2.11. The molecule has 0 N–H and O–H groups in total. The molecule has 0 amide bonds. The number of hydrogen-bond donors (Lipinski definition) is 0. The maximum atomic E-state index is 3.63. The van der Waals surface area contributed by atoms with Gasteiger partial charge in [-0.2, -0.15) is 0 Å². The molecule has 0 unspecified atom stereocenters. The average molecular weight is 276 g/mol. The molecule has 0 aliphatic carbocycles. The van der Waals surface area contributed by atoms with E-state index in [0.29, 0.717) is 0 Å². The number of hydrogen-bond acceptors (Lipinski definition) is 0. The van der Waals surface area contributed by atoms with Crippen LogP contribution in [0, 0.1) is 13.0 Å². The molecule has 0 saturated heterocycles. The lowest BCUT2D eigenvalue weighted by atomic mass is 9.73. The fourth-order valence-electron chi connectivity index (χ4n) is 2.99. The molecule has 0 aliphatic rings. The summed E-state index contributed by atoms with van der Waals surface area (Å²) >= 11 is 0. The smallest absolute Gasteiger partial charge is 0.0656 e. The van der Waals surface area contributed by atoms with Crippen molar-refractivity contribution in [2.24, 2.45) is 0 Å². The Kier molecular flexibility index (Phi) is 4.14. The molecule has 0 fully saturated rings. The van der Waals surface area contributed by atoms with Gasteiger partial charge < -0.3 is 0 Å². The Morgan fingerprint density at radius 1 is 0.895 bits per heavy atom. The number of rotatable bonds is 1. The van der Waals surface area contributed by atoms with Crippen molar-refractivity contribution >= 4 is 13.3 Å². The van der Waals surface area contributed by atoms with E-state index in [1.54, 1.807) is 0 Å².